The fraction of sp³-hybridized carbons (Fsp3) is 0.259. The summed E-state index contributed by atoms with van der Waals surface area (Å²) in [5.74, 6) is 1.62. The van der Waals surface area contributed by atoms with Crippen molar-refractivity contribution in [1.82, 2.24) is 4.98 Å². The maximum absolute atomic E-state index is 13.0. The topological polar surface area (TPSA) is 76.4 Å². The number of rotatable bonds is 7. The summed E-state index contributed by atoms with van der Waals surface area (Å²) in [7, 11) is 1.67. The number of nitrogens with one attached hydrogen (secondary N) is 2. The van der Waals surface area contributed by atoms with Crippen molar-refractivity contribution in [1.29, 1.82) is 0 Å². The molecule has 7 heteroatoms. The molecule has 1 aliphatic carbocycles. The van der Waals surface area contributed by atoms with E-state index in [-0.39, 0.29) is 11.9 Å². The lowest BCUT2D eigenvalue weighted by Crippen LogP contribution is -2.19. The van der Waals surface area contributed by atoms with Gasteiger partial charge < -0.3 is 19.8 Å². The van der Waals surface area contributed by atoms with E-state index >= 15 is 0 Å². The predicted molar refractivity (Wildman–Crippen MR) is 135 cm³/mol. The average molecular weight is 474 g/mol. The highest BCUT2D eigenvalue weighted by molar-refractivity contribution is 7.16. The molecule has 0 radical (unpaired) electrons. The Balaban J connectivity index is 1.63. The average Bonchev–Trinajstić information content (AvgIpc) is 3.51. The van der Waals surface area contributed by atoms with Gasteiger partial charge in [0.15, 0.2) is 5.76 Å². The molecule has 1 atom stereocenters. The van der Waals surface area contributed by atoms with E-state index in [1.165, 1.54) is 16.7 Å². The molecular weight excluding hydrogens is 446 g/mol. The molecule has 174 valence electrons. The number of hydrogen-bond donors (Lipinski definition) is 2. The molecule has 34 heavy (non-hydrogen) atoms. The second-order valence-corrected chi connectivity index (χ2v) is 9.56. The molecule has 3 heterocycles. The van der Waals surface area contributed by atoms with Crippen molar-refractivity contribution in [2.24, 2.45) is 0 Å². The van der Waals surface area contributed by atoms with E-state index < -0.39 is 0 Å². The Labute approximate surface area is 203 Å². The van der Waals surface area contributed by atoms with Gasteiger partial charge in [-0.25, -0.2) is 4.98 Å². The van der Waals surface area contributed by atoms with Crippen molar-refractivity contribution >= 4 is 28.1 Å². The highest BCUT2D eigenvalue weighted by atomic mass is 32.1. The van der Waals surface area contributed by atoms with Crippen LogP contribution in [0.4, 0.5) is 10.8 Å². The number of amides is 1. The van der Waals surface area contributed by atoms with Gasteiger partial charge in [0.25, 0.3) is 5.91 Å². The summed E-state index contributed by atoms with van der Waals surface area (Å²) in [4.78, 5) is 18.8. The lowest BCUT2D eigenvalue weighted by atomic mass is 9.89. The predicted octanol–water partition coefficient (Wildman–Crippen LogP) is 6.39. The molecule has 0 bridgehead atoms. The first-order valence-electron chi connectivity index (χ1n) is 11.4. The fourth-order valence-electron chi connectivity index (χ4n) is 4.47. The highest BCUT2D eigenvalue weighted by Crippen LogP contribution is 2.44. The summed E-state index contributed by atoms with van der Waals surface area (Å²) < 4.78 is 10.9. The number of fused-ring (bicyclic) bond motifs is 1. The molecule has 0 spiro atoms. The second-order valence-electron chi connectivity index (χ2n) is 8.46. The van der Waals surface area contributed by atoms with E-state index in [4.69, 9.17) is 9.15 Å². The maximum Gasteiger partial charge on any atom is 0.291 e. The number of methoxy groups -OCH3 is 1. The van der Waals surface area contributed by atoms with Crippen LogP contribution in [0.2, 0.25) is 0 Å². The molecule has 4 aromatic rings. The van der Waals surface area contributed by atoms with Gasteiger partial charge in [0.05, 0.1) is 19.4 Å². The summed E-state index contributed by atoms with van der Waals surface area (Å²) in [5, 5.41) is 7.64. The van der Waals surface area contributed by atoms with E-state index in [0.717, 1.165) is 58.9 Å². The summed E-state index contributed by atoms with van der Waals surface area (Å²) in [6.07, 6.45) is 7.63. The summed E-state index contributed by atoms with van der Waals surface area (Å²) >= 11 is 1.67. The van der Waals surface area contributed by atoms with Crippen LogP contribution in [0, 0.1) is 6.92 Å². The minimum absolute atomic E-state index is 0.214. The van der Waals surface area contributed by atoms with Gasteiger partial charge >= 0.3 is 0 Å². The van der Waals surface area contributed by atoms with E-state index in [0.29, 0.717) is 5.76 Å². The number of carbonyl (C=O) groups is 1. The number of furan rings is 1. The quantitative estimate of drug-likeness (QED) is 0.325. The molecule has 2 N–H and O–H groups in total. The monoisotopic (exact) mass is 473 g/mol. The third-order valence-electron chi connectivity index (χ3n) is 6.11. The van der Waals surface area contributed by atoms with E-state index in [2.05, 4.69) is 28.6 Å². The van der Waals surface area contributed by atoms with E-state index in [1.54, 1.807) is 30.6 Å². The van der Waals surface area contributed by atoms with Crippen LogP contribution in [0.25, 0.3) is 0 Å². The van der Waals surface area contributed by atoms with Crippen LogP contribution in [-0.4, -0.2) is 18.0 Å². The van der Waals surface area contributed by atoms with Gasteiger partial charge in [0.2, 0.25) is 0 Å². The second kappa shape index (κ2) is 9.73. The van der Waals surface area contributed by atoms with Crippen LogP contribution in [0.15, 0.2) is 65.4 Å². The van der Waals surface area contributed by atoms with Crippen molar-refractivity contribution < 1.29 is 13.9 Å². The fourth-order valence-corrected chi connectivity index (χ4v) is 5.79. The highest BCUT2D eigenvalue weighted by Gasteiger charge is 2.29. The van der Waals surface area contributed by atoms with Gasteiger partial charge in [-0.05, 0) is 85.7 Å². The molecule has 1 aromatic carbocycles. The normalized spacial score (nSPS) is 13.7. The minimum Gasteiger partial charge on any atom is -0.497 e. The third kappa shape index (κ3) is 4.56. The van der Waals surface area contributed by atoms with Gasteiger partial charge in [-0.15, -0.1) is 11.3 Å². The number of thiophene rings is 1. The Kier molecular flexibility index (Phi) is 6.36. The Bertz CT molecular complexity index is 1300. The van der Waals surface area contributed by atoms with Crippen LogP contribution >= 0.6 is 11.3 Å². The van der Waals surface area contributed by atoms with Crippen LogP contribution in [0.1, 0.15) is 56.6 Å². The number of nitrogens with zero attached hydrogens (tertiary/aromatic N) is 1. The summed E-state index contributed by atoms with van der Waals surface area (Å²) in [5.41, 5.74) is 4.58. The maximum atomic E-state index is 13.0. The molecule has 0 unspecified atom stereocenters. The zero-order valence-corrected chi connectivity index (χ0v) is 20.1. The molecule has 1 amide bonds. The number of ether oxygens (including phenoxy) is 1. The smallest absolute Gasteiger partial charge is 0.291 e. The molecule has 5 rings (SSSR count). The Hall–Kier alpha value is -3.58. The first-order chi connectivity index (χ1) is 16.6. The van der Waals surface area contributed by atoms with E-state index in [9.17, 15) is 4.79 Å². The Morgan fingerprint density at radius 2 is 2.03 bits per heavy atom. The lowest BCUT2D eigenvalue weighted by Gasteiger charge is -2.24. The largest absolute Gasteiger partial charge is 0.497 e. The zero-order chi connectivity index (χ0) is 23.5. The molecule has 3 aromatic heterocycles. The molecule has 0 aliphatic heterocycles. The Morgan fingerprint density at radius 1 is 1.15 bits per heavy atom. The standard InChI is InChI=1S/C27H27N3O3S/c1-17-12-13-28-23(15-17)29-25(18-7-5-8-19(16-18)32-2)24-20-9-3-4-11-22(20)34-27(24)30-26(31)21-10-6-14-33-21/h5-8,10,12-16,25H,3-4,9,11H2,1-2H3,(H,28,29)(H,30,31)/t25-/m1/s1. The summed E-state index contributed by atoms with van der Waals surface area (Å²) in [6.45, 7) is 2.05. The first-order valence-corrected chi connectivity index (χ1v) is 12.3. The van der Waals surface area contributed by atoms with E-state index in [1.807, 2.05) is 36.5 Å². The number of hydrogen-bond acceptors (Lipinski definition) is 6. The van der Waals surface area contributed by atoms with Gasteiger partial charge in [0, 0.05) is 16.6 Å². The molecular formula is C27H27N3O3S. The van der Waals surface area contributed by atoms with Gasteiger partial charge in [0.1, 0.15) is 16.6 Å². The Morgan fingerprint density at radius 3 is 2.82 bits per heavy atom. The number of pyridine rings is 1. The first kappa shape index (κ1) is 22.2. The van der Waals surface area contributed by atoms with Crippen molar-refractivity contribution in [3.63, 3.8) is 0 Å². The van der Waals surface area contributed by atoms with Crippen molar-refractivity contribution in [2.75, 3.05) is 17.7 Å². The van der Waals surface area contributed by atoms with Gasteiger partial charge in [-0.1, -0.05) is 12.1 Å². The SMILES string of the molecule is COc1cccc([C@@H](Nc2cc(C)ccn2)c2c(NC(=O)c3ccco3)sc3c2CCCC3)c1. The summed E-state index contributed by atoms with van der Waals surface area (Å²) in [6, 6.07) is 15.3. The molecule has 6 nitrogen and oxygen atoms in total. The number of aromatic nitrogens is 1. The van der Waals surface area contributed by atoms with Crippen molar-refractivity contribution in [3.8, 4) is 5.75 Å². The van der Waals surface area contributed by atoms with Crippen LogP contribution in [0.3, 0.4) is 0 Å². The third-order valence-corrected chi connectivity index (χ3v) is 7.33. The molecule has 0 fully saturated rings. The van der Waals surface area contributed by atoms with Crippen LogP contribution < -0.4 is 15.4 Å². The van der Waals surface area contributed by atoms with Gasteiger partial charge in [-0.2, -0.15) is 0 Å². The number of aryl methyl sites for hydroxylation is 2. The van der Waals surface area contributed by atoms with Crippen LogP contribution in [0.5, 0.6) is 5.75 Å². The van der Waals surface area contributed by atoms with Crippen molar-refractivity contribution in [3.05, 3.63) is 93.9 Å². The van der Waals surface area contributed by atoms with Crippen LogP contribution in [-0.2, 0) is 12.8 Å². The zero-order valence-electron chi connectivity index (χ0n) is 19.3. The van der Waals surface area contributed by atoms with Crippen molar-refractivity contribution in [2.45, 2.75) is 38.6 Å². The molecule has 0 saturated heterocycles. The number of benzene rings is 1. The minimum atomic E-state index is -0.247. The van der Waals surface area contributed by atoms with Gasteiger partial charge in [-0.3, -0.25) is 4.79 Å². The molecule has 0 saturated carbocycles. The molecule has 1 aliphatic rings. The lowest BCUT2D eigenvalue weighted by molar-refractivity contribution is 0.0997. The number of carbonyl (C=O) groups excluding carboxylic acids is 1. The number of anilines is 2.